The van der Waals surface area contributed by atoms with Crippen molar-refractivity contribution in [3.8, 4) is 0 Å². The Balaban J connectivity index is 2.19. The van der Waals surface area contributed by atoms with Crippen LogP contribution in [0.2, 0.25) is 0 Å². The highest BCUT2D eigenvalue weighted by Crippen LogP contribution is 1.32. The number of nitrogens with one attached hydrogen (secondary N) is 1. The van der Waals surface area contributed by atoms with Crippen molar-refractivity contribution >= 4 is 7.41 Å². The zero-order chi connectivity index (χ0) is 4.12. The maximum Gasteiger partial charge on any atom is 0.217 e. The lowest BCUT2D eigenvalue weighted by atomic mass is 9.99. The fourth-order valence-corrected chi connectivity index (χ4v) is 0.118. The molecule has 3 heteroatoms. The van der Waals surface area contributed by atoms with E-state index in [1.54, 1.807) is 7.41 Å². The summed E-state index contributed by atoms with van der Waals surface area (Å²) >= 11 is 0. The van der Waals surface area contributed by atoms with E-state index in [0.717, 1.165) is 6.44 Å². The average molecular weight is 70.9 g/mol. The fourth-order valence-electron chi connectivity index (χ4n) is 0.118. The first kappa shape index (κ1) is 4.98. The second-order valence-corrected chi connectivity index (χ2v) is 0.793. The number of hydrogen-bond donors (Lipinski definition) is 2. The van der Waals surface area contributed by atoms with Crippen LogP contribution in [0.3, 0.4) is 0 Å². The van der Waals surface area contributed by atoms with Crippen molar-refractivity contribution in [3.05, 3.63) is 0 Å². The minimum Gasteiger partial charge on any atom is -0.373 e. The van der Waals surface area contributed by atoms with Gasteiger partial charge in [-0.3, -0.25) is 0 Å². The van der Waals surface area contributed by atoms with Gasteiger partial charge in [-0.2, -0.15) is 0 Å². The monoisotopic (exact) mass is 71.1 g/mol. The topological polar surface area (TPSA) is 38.0 Å². The molecule has 0 rings (SSSR count). The van der Waals surface area contributed by atoms with Gasteiger partial charge in [0.15, 0.2) is 0 Å². The molecule has 0 heterocycles. The normalized spacial score (nSPS) is 7.60. The second kappa shape index (κ2) is 3.98. The van der Waals surface area contributed by atoms with Gasteiger partial charge in [-0.1, -0.05) is 0 Å². The minimum absolute atomic E-state index is 0.792. The molecule has 0 unspecified atom stereocenters. The number of rotatable bonds is 2. The van der Waals surface area contributed by atoms with Gasteiger partial charge in [0, 0.05) is 0 Å². The van der Waals surface area contributed by atoms with E-state index in [9.17, 15) is 0 Å². The second-order valence-electron chi connectivity index (χ2n) is 0.793. The summed E-state index contributed by atoms with van der Waals surface area (Å²) in [5, 5.41) is 2.84. The molecule has 2 nitrogen and oxygen atoms in total. The van der Waals surface area contributed by atoms with E-state index in [-0.39, 0.29) is 0 Å². The molecule has 0 bridgehead atoms. The molecule has 0 aliphatic carbocycles. The van der Waals surface area contributed by atoms with Crippen LogP contribution in [-0.4, -0.2) is 20.9 Å². The van der Waals surface area contributed by atoms with Crippen LogP contribution < -0.4 is 11.0 Å². The lowest BCUT2D eigenvalue weighted by Gasteiger charge is -1.82. The zero-order valence-corrected chi connectivity index (χ0v) is 3.36. The molecule has 0 saturated carbocycles. The quantitative estimate of drug-likeness (QED) is 0.399. The van der Waals surface area contributed by atoms with Crippen molar-refractivity contribution in [1.82, 2.24) is 5.32 Å². The van der Waals surface area contributed by atoms with Gasteiger partial charge in [-0.25, -0.2) is 0 Å². The van der Waals surface area contributed by atoms with Crippen molar-refractivity contribution in [2.75, 3.05) is 13.5 Å². The van der Waals surface area contributed by atoms with Crippen molar-refractivity contribution in [2.45, 2.75) is 0 Å². The molecule has 0 aromatic heterocycles. The Kier molecular flexibility index (Phi) is 3.97. The summed E-state index contributed by atoms with van der Waals surface area (Å²) in [6.45, 7) is 0. The van der Waals surface area contributed by atoms with Crippen LogP contribution in [0.15, 0.2) is 0 Å². The first-order valence-electron chi connectivity index (χ1n) is 1.60. The van der Waals surface area contributed by atoms with Gasteiger partial charge in [-0.15, -0.1) is 0 Å². The third-order valence-corrected chi connectivity index (χ3v) is 0.322. The summed E-state index contributed by atoms with van der Waals surface area (Å²) in [5.41, 5.74) is 4.95. The zero-order valence-electron chi connectivity index (χ0n) is 3.36. The maximum absolute atomic E-state index is 4.95. The minimum atomic E-state index is 0.792. The van der Waals surface area contributed by atoms with Crippen LogP contribution in [0.4, 0.5) is 0 Å². The Morgan fingerprint density at radius 3 is 2.60 bits per heavy atom. The van der Waals surface area contributed by atoms with Gasteiger partial charge in [0.1, 0.15) is 0 Å². The maximum atomic E-state index is 4.95. The van der Waals surface area contributed by atoms with Crippen molar-refractivity contribution in [3.63, 3.8) is 0 Å². The largest absolute Gasteiger partial charge is 0.373 e. The summed E-state index contributed by atoms with van der Waals surface area (Å²) in [7, 11) is 3.42. The molecule has 5 heavy (non-hydrogen) atoms. The summed E-state index contributed by atoms with van der Waals surface area (Å²) in [4.78, 5) is 0. The van der Waals surface area contributed by atoms with E-state index in [1.807, 2.05) is 7.05 Å². The predicted molar refractivity (Wildman–Crippen MR) is 23.9 cm³/mol. The van der Waals surface area contributed by atoms with E-state index < -0.39 is 0 Å². The van der Waals surface area contributed by atoms with Crippen LogP contribution in [-0.2, 0) is 0 Å². The summed E-state index contributed by atoms with van der Waals surface area (Å²) < 4.78 is 0. The van der Waals surface area contributed by atoms with E-state index in [1.165, 1.54) is 0 Å². The van der Waals surface area contributed by atoms with Gasteiger partial charge in [0.2, 0.25) is 7.41 Å². The highest BCUT2D eigenvalue weighted by molar-refractivity contribution is 6.31. The number of hydrogen-bond acceptors (Lipinski definition) is 2. The molecular formula is C2H8BN2. The summed E-state index contributed by atoms with van der Waals surface area (Å²) in [5.74, 6) is 0. The van der Waals surface area contributed by atoms with Crippen LogP contribution in [0.5, 0.6) is 0 Å². The highest BCUT2D eigenvalue weighted by Gasteiger charge is 1.69. The summed E-state index contributed by atoms with van der Waals surface area (Å²) in [6.07, 6.45) is 0.792. The van der Waals surface area contributed by atoms with E-state index in [4.69, 9.17) is 5.64 Å². The molecule has 29 valence electrons. The van der Waals surface area contributed by atoms with E-state index >= 15 is 0 Å². The first-order valence-corrected chi connectivity index (χ1v) is 1.60. The molecule has 1 radical (unpaired) electrons. The molecule has 0 aromatic rings. The van der Waals surface area contributed by atoms with Crippen LogP contribution in [0.1, 0.15) is 0 Å². The van der Waals surface area contributed by atoms with E-state index in [0.29, 0.717) is 0 Å². The molecule has 0 spiro atoms. The van der Waals surface area contributed by atoms with Crippen LogP contribution >= 0.6 is 0 Å². The van der Waals surface area contributed by atoms with Crippen LogP contribution in [0.25, 0.3) is 0 Å². The molecular weight excluding hydrogens is 62.8 g/mol. The molecule has 0 saturated heterocycles. The first-order chi connectivity index (χ1) is 2.41. The molecule has 0 aromatic carbocycles. The van der Waals surface area contributed by atoms with Crippen molar-refractivity contribution in [2.24, 2.45) is 5.64 Å². The molecule has 0 amide bonds. The Hall–Kier alpha value is -0.0151. The van der Waals surface area contributed by atoms with E-state index in [2.05, 4.69) is 5.32 Å². The highest BCUT2D eigenvalue weighted by atomic mass is 14.8. The molecule has 0 atom stereocenters. The Labute approximate surface area is 33.0 Å². The third-order valence-electron chi connectivity index (χ3n) is 0.322. The lowest BCUT2D eigenvalue weighted by Crippen LogP contribution is -2.21. The van der Waals surface area contributed by atoms with Crippen LogP contribution in [0, 0.1) is 0 Å². The van der Waals surface area contributed by atoms with Gasteiger partial charge in [0.25, 0.3) is 0 Å². The fraction of sp³-hybridized carbons (Fsp3) is 1.00. The molecule has 0 aliphatic rings. The predicted octanol–water partition coefficient (Wildman–Crippen LogP) is -1.26. The lowest BCUT2D eigenvalue weighted by molar-refractivity contribution is 0.965. The Morgan fingerprint density at radius 1 is 2.00 bits per heavy atom. The third kappa shape index (κ3) is 3.98. The van der Waals surface area contributed by atoms with Gasteiger partial charge in [-0.05, 0) is 13.5 Å². The Morgan fingerprint density at radius 2 is 2.60 bits per heavy atom. The van der Waals surface area contributed by atoms with Crippen molar-refractivity contribution < 1.29 is 0 Å². The standard InChI is InChI=1S/C2H8BN2/c1-5-2-3-4/h5H,2,4H2,1H3. The van der Waals surface area contributed by atoms with Crippen molar-refractivity contribution in [1.29, 1.82) is 0 Å². The van der Waals surface area contributed by atoms with Gasteiger partial charge < -0.3 is 11.0 Å². The number of nitrogens with two attached hydrogens (primary N) is 1. The molecule has 3 N–H and O–H groups in total. The molecule has 0 aliphatic heterocycles. The summed E-state index contributed by atoms with van der Waals surface area (Å²) in [6, 6.07) is 0. The average Bonchev–Trinajstić information content (AvgIpc) is 1.41. The Bertz CT molecular complexity index is 15.1. The van der Waals surface area contributed by atoms with Gasteiger partial charge >= 0.3 is 0 Å². The SMILES string of the molecule is CNC[B]N. The smallest absolute Gasteiger partial charge is 0.217 e. The molecule has 0 fully saturated rings. The van der Waals surface area contributed by atoms with Gasteiger partial charge in [0.05, 0.1) is 0 Å².